The molecule has 1 amide bonds. The second-order valence-corrected chi connectivity index (χ2v) is 5.24. The summed E-state index contributed by atoms with van der Waals surface area (Å²) >= 11 is 0. The highest BCUT2D eigenvalue weighted by Crippen LogP contribution is 2.35. The molecule has 0 atom stereocenters. The summed E-state index contributed by atoms with van der Waals surface area (Å²) in [5.74, 6) is -0.0537. The van der Waals surface area contributed by atoms with Crippen molar-refractivity contribution in [2.24, 2.45) is 0 Å². The fourth-order valence-electron chi connectivity index (χ4n) is 2.38. The number of rotatable bonds is 6. The zero-order valence-electron chi connectivity index (χ0n) is 12.4. The van der Waals surface area contributed by atoms with E-state index in [1.807, 2.05) is 13.8 Å². The van der Waals surface area contributed by atoms with Crippen molar-refractivity contribution in [1.29, 1.82) is 0 Å². The van der Waals surface area contributed by atoms with Crippen LogP contribution in [0.4, 0.5) is 4.39 Å². The SMILES string of the molecule is CCCC(F)(CCC)c1ccc(C(=O)N(C)C)cc1. The number of alkyl halides is 1. The zero-order chi connectivity index (χ0) is 14.5. The van der Waals surface area contributed by atoms with E-state index in [0.29, 0.717) is 24.0 Å². The van der Waals surface area contributed by atoms with Gasteiger partial charge in [-0.1, -0.05) is 38.8 Å². The smallest absolute Gasteiger partial charge is 0.253 e. The molecular formula is C16H24FNO. The standard InChI is InChI=1S/C16H24FNO/c1-5-11-16(17,12-6-2)14-9-7-13(8-10-14)15(19)18(3)4/h7-10H,5-6,11-12H2,1-4H3. The number of nitrogens with zero attached hydrogens (tertiary/aromatic N) is 1. The third-order valence-electron chi connectivity index (χ3n) is 3.35. The molecule has 1 aromatic carbocycles. The van der Waals surface area contributed by atoms with Crippen LogP contribution in [-0.2, 0) is 5.67 Å². The lowest BCUT2D eigenvalue weighted by molar-refractivity contribution is 0.0827. The summed E-state index contributed by atoms with van der Waals surface area (Å²) < 4.78 is 14.9. The molecule has 0 spiro atoms. The molecule has 19 heavy (non-hydrogen) atoms. The van der Waals surface area contributed by atoms with Gasteiger partial charge in [0.15, 0.2) is 0 Å². The van der Waals surface area contributed by atoms with Gasteiger partial charge in [-0.05, 0) is 30.5 Å². The van der Waals surface area contributed by atoms with Crippen molar-refractivity contribution in [2.45, 2.75) is 45.2 Å². The minimum atomic E-state index is -1.26. The van der Waals surface area contributed by atoms with Crippen molar-refractivity contribution in [3.63, 3.8) is 0 Å². The van der Waals surface area contributed by atoms with E-state index in [1.165, 1.54) is 4.90 Å². The van der Waals surface area contributed by atoms with Crippen LogP contribution >= 0.6 is 0 Å². The highest BCUT2D eigenvalue weighted by molar-refractivity contribution is 5.93. The zero-order valence-corrected chi connectivity index (χ0v) is 12.4. The summed E-state index contributed by atoms with van der Waals surface area (Å²) in [5.41, 5.74) is 0.0269. The van der Waals surface area contributed by atoms with Crippen LogP contribution in [0.3, 0.4) is 0 Å². The van der Waals surface area contributed by atoms with Crippen LogP contribution < -0.4 is 0 Å². The van der Waals surface area contributed by atoms with E-state index in [9.17, 15) is 9.18 Å². The molecule has 0 aromatic heterocycles. The first kappa shape index (κ1) is 15.7. The third kappa shape index (κ3) is 3.79. The van der Waals surface area contributed by atoms with E-state index >= 15 is 0 Å². The Balaban J connectivity index is 2.98. The maximum Gasteiger partial charge on any atom is 0.253 e. The Hall–Kier alpha value is -1.38. The first-order chi connectivity index (χ1) is 8.94. The highest BCUT2D eigenvalue weighted by Gasteiger charge is 2.29. The van der Waals surface area contributed by atoms with Crippen molar-refractivity contribution >= 4 is 5.91 Å². The van der Waals surface area contributed by atoms with Gasteiger partial charge in [0.2, 0.25) is 0 Å². The van der Waals surface area contributed by atoms with Crippen molar-refractivity contribution in [3.8, 4) is 0 Å². The first-order valence-corrected chi connectivity index (χ1v) is 6.95. The normalized spacial score (nSPS) is 11.4. The number of carbonyl (C=O) groups excluding carboxylic acids is 1. The van der Waals surface area contributed by atoms with Crippen LogP contribution in [0.25, 0.3) is 0 Å². The van der Waals surface area contributed by atoms with Crippen LogP contribution in [0.1, 0.15) is 55.5 Å². The molecule has 0 radical (unpaired) electrons. The van der Waals surface area contributed by atoms with Crippen molar-refractivity contribution in [2.75, 3.05) is 14.1 Å². The Labute approximate surface area is 115 Å². The van der Waals surface area contributed by atoms with E-state index in [1.54, 1.807) is 38.4 Å². The van der Waals surface area contributed by atoms with Gasteiger partial charge in [-0.3, -0.25) is 4.79 Å². The molecule has 0 aliphatic heterocycles. The van der Waals surface area contributed by atoms with E-state index in [-0.39, 0.29) is 5.91 Å². The minimum absolute atomic E-state index is 0.0537. The molecule has 0 aliphatic carbocycles. The Bertz CT molecular complexity index is 405. The van der Waals surface area contributed by atoms with Crippen LogP contribution in [0.15, 0.2) is 24.3 Å². The second kappa shape index (κ2) is 6.69. The summed E-state index contributed by atoms with van der Waals surface area (Å²) in [6.07, 6.45) is 2.69. The topological polar surface area (TPSA) is 20.3 Å². The van der Waals surface area contributed by atoms with E-state index in [2.05, 4.69) is 0 Å². The summed E-state index contributed by atoms with van der Waals surface area (Å²) in [6, 6.07) is 6.94. The van der Waals surface area contributed by atoms with Crippen LogP contribution in [0, 0.1) is 0 Å². The van der Waals surface area contributed by atoms with Gasteiger partial charge in [-0.15, -0.1) is 0 Å². The average Bonchev–Trinajstić information content (AvgIpc) is 2.38. The Morgan fingerprint density at radius 1 is 1.11 bits per heavy atom. The molecule has 1 aromatic rings. The van der Waals surface area contributed by atoms with Gasteiger partial charge in [0.1, 0.15) is 5.67 Å². The number of halogens is 1. The van der Waals surface area contributed by atoms with Crippen molar-refractivity contribution in [1.82, 2.24) is 4.90 Å². The lowest BCUT2D eigenvalue weighted by Crippen LogP contribution is -2.23. The number of benzene rings is 1. The fraction of sp³-hybridized carbons (Fsp3) is 0.562. The van der Waals surface area contributed by atoms with Gasteiger partial charge < -0.3 is 4.90 Å². The molecule has 0 fully saturated rings. The monoisotopic (exact) mass is 265 g/mol. The molecular weight excluding hydrogens is 241 g/mol. The van der Waals surface area contributed by atoms with Crippen LogP contribution in [0.2, 0.25) is 0 Å². The number of amides is 1. The molecule has 1 rings (SSSR count). The maximum absolute atomic E-state index is 14.9. The largest absolute Gasteiger partial charge is 0.345 e. The molecule has 0 aliphatic rings. The van der Waals surface area contributed by atoms with Crippen molar-refractivity contribution < 1.29 is 9.18 Å². The molecule has 106 valence electrons. The Morgan fingerprint density at radius 3 is 1.95 bits per heavy atom. The van der Waals surface area contributed by atoms with Gasteiger partial charge in [0.05, 0.1) is 0 Å². The predicted molar refractivity (Wildman–Crippen MR) is 77.1 cm³/mol. The van der Waals surface area contributed by atoms with Gasteiger partial charge in [-0.25, -0.2) is 4.39 Å². The summed E-state index contributed by atoms with van der Waals surface area (Å²) in [7, 11) is 3.42. The molecule has 2 nitrogen and oxygen atoms in total. The molecule has 0 saturated heterocycles. The van der Waals surface area contributed by atoms with Gasteiger partial charge >= 0.3 is 0 Å². The van der Waals surface area contributed by atoms with Gasteiger partial charge in [-0.2, -0.15) is 0 Å². The van der Waals surface area contributed by atoms with E-state index in [4.69, 9.17) is 0 Å². The molecule has 0 saturated carbocycles. The van der Waals surface area contributed by atoms with Gasteiger partial charge in [0, 0.05) is 19.7 Å². The molecule has 0 N–H and O–H groups in total. The molecule has 0 unspecified atom stereocenters. The highest BCUT2D eigenvalue weighted by atomic mass is 19.1. The summed E-state index contributed by atoms with van der Waals surface area (Å²) in [4.78, 5) is 13.3. The molecule has 0 heterocycles. The van der Waals surface area contributed by atoms with Crippen LogP contribution in [0.5, 0.6) is 0 Å². The van der Waals surface area contributed by atoms with E-state index < -0.39 is 5.67 Å². The average molecular weight is 265 g/mol. The first-order valence-electron chi connectivity index (χ1n) is 6.95. The lowest BCUT2D eigenvalue weighted by atomic mass is 9.86. The Kier molecular flexibility index (Phi) is 5.52. The second-order valence-electron chi connectivity index (χ2n) is 5.24. The number of carbonyl (C=O) groups is 1. The predicted octanol–water partition coefficient (Wildman–Crippen LogP) is 4.15. The number of hydrogen-bond donors (Lipinski definition) is 0. The maximum atomic E-state index is 14.9. The lowest BCUT2D eigenvalue weighted by Gasteiger charge is -2.25. The Morgan fingerprint density at radius 2 is 1.58 bits per heavy atom. The fourth-order valence-corrected chi connectivity index (χ4v) is 2.38. The van der Waals surface area contributed by atoms with Gasteiger partial charge in [0.25, 0.3) is 5.91 Å². The minimum Gasteiger partial charge on any atom is -0.345 e. The van der Waals surface area contributed by atoms with Crippen LogP contribution in [-0.4, -0.2) is 24.9 Å². The summed E-state index contributed by atoms with van der Waals surface area (Å²) in [5, 5.41) is 0. The summed E-state index contributed by atoms with van der Waals surface area (Å²) in [6.45, 7) is 3.99. The number of hydrogen-bond acceptors (Lipinski definition) is 1. The molecule has 0 bridgehead atoms. The van der Waals surface area contributed by atoms with Crippen molar-refractivity contribution in [3.05, 3.63) is 35.4 Å². The quantitative estimate of drug-likeness (QED) is 0.756. The molecule has 3 heteroatoms. The third-order valence-corrected chi connectivity index (χ3v) is 3.35. The van der Waals surface area contributed by atoms with E-state index in [0.717, 1.165) is 12.8 Å².